The van der Waals surface area contributed by atoms with Crippen molar-refractivity contribution in [3.8, 4) is 33.9 Å². The summed E-state index contributed by atoms with van der Waals surface area (Å²) in [5.74, 6) is 0.748. The number of hydrogen-bond donors (Lipinski definition) is 2. The van der Waals surface area contributed by atoms with Crippen LogP contribution in [-0.2, 0) is 0 Å². The molecule has 6 heteroatoms. The summed E-state index contributed by atoms with van der Waals surface area (Å²) in [5, 5.41) is 14.0. The van der Waals surface area contributed by atoms with Gasteiger partial charge in [0.1, 0.15) is 23.1 Å². The monoisotopic (exact) mass is 400 g/mol. The molecule has 2 aromatic carbocycles. The summed E-state index contributed by atoms with van der Waals surface area (Å²) in [6.07, 6.45) is 2.02. The van der Waals surface area contributed by atoms with Crippen LogP contribution in [0.25, 0.3) is 22.4 Å². The van der Waals surface area contributed by atoms with Crippen LogP contribution < -0.4 is 10.1 Å². The van der Waals surface area contributed by atoms with Crippen molar-refractivity contribution < 1.29 is 14.2 Å². The second kappa shape index (κ2) is 8.93. The molecule has 0 aliphatic heterocycles. The van der Waals surface area contributed by atoms with E-state index < -0.39 is 5.82 Å². The molecule has 0 saturated carbocycles. The SMILES string of the molecule is CCCCNc1cc(-c2c(F)cccc2Cl)cc(-c2ccc(OC)cc2O)n1. The molecule has 0 atom stereocenters. The minimum absolute atomic E-state index is 0.0307. The number of aromatic nitrogens is 1. The summed E-state index contributed by atoms with van der Waals surface area (Å²) in [4.78, 5) is 4.60. The lowest BCUT2D eigenvalue weighted by Gasteiger charge is -2.14. The average molecular weight is 401 g/mol. The number of halogens is 2. The van der Waals surface area contributed by atoms with Gasteiger partial charge in [-0.05, 0) is 48.4 Å². The third kappa shape index (κ3) is 4.37. The fourth-order valence-corrected chi connectivity index (χ4v) is 3.20. The fourth-order valence-electron chi connectivity index (χ4n) is 2.93. The predicted octanol–water partition coefficient (Wildman–Crippen LogP) is 6.13. The maximum atomic E-state index is 14.5. The van der Waals surface area contributed by atoms with Crippen molar-refractivity contribution in [2.75, 3.05) is 19.0 Å². The molecular formula is C22H22ClFN2O2. The number of anilines is 1. The number of aromatic hydroxyl groups is 1. The van der Waals surface area contributed by atoms with Crippen LogP contribution in [0.4, 0.5) is 10.2 Å². The molecule has 0 radical (unpaired) electrons. The Morgan fingerprint density at radius 1 is 1.18 bits per heavy atom. The molecule has 3 aromatic rings. The summed E-state index contributed by atoms with van der Waals surface area (Å²) in [6, 6.07) is 13.1. The molecule has 3 rings (SSSR count). The third-order valence-electron chi connectivity index (χ3n) is 4.39. The Morgan fingerprint density at radius 2 is 2.00 bits per heavy atom. The first-order valence-electron chi connectivity index (χ1n) is 9.11. The van der Waals surface area contributed by atoms with Crippen molar-refractivity contribution in [2.45, 2.75) is 19.8 Å². The van der Waals surface area contributed by atoms with Gasteiger partial charge in [0.25, 0.3) is 0 Å². The molecule has 0 unspecified atom stereocenters. The number of methoxy groups -OCH3 is 1. The van der Waals surface area contributed by atoms with Crippen molar-refractivity contribution in [1.29, 1.82) is 0 Å². The van der Waals surface area contributed by atoms with Gasteiger partial charge in [-0.25, -0.2) is 9.37 Å². The maximum Gasteiger partial charge on any atom is 0.132 e. The Kier molecular flexibility index (Phi) is 6.37. The smallest absolute Gasteiger partial charge is 0.132 e. The zero-order valence-electron chi connectivity index (χ0n) is 15.8. The van der Waals surface area contributed by atoms with Crippen LogP contribution in [0.15, 0.2) is 48.5 Å². The molecule has 28 heavy (non-hydrogen) atoms. The van der Waals surface area contributed by atoms with Crippen LogP contribution in [-0.4, -0.2) is 23.7 Å². The van der Waals surface area contributed by atoms with Gasteiger partial charge in [-0.1, -0.05) is 31.0 Å². The highest BCUT2D eigenvalue weighted by Gasteiger charge is 2.15. The van der Waals surface area contributed by atoms with Crippen molar-refractivity contribution in [3.05, 3.63) is 59.4 Å². The Morgan fingerprint density at radius 3 is 2.68 bits per heavy atom. The first-order chi connectivity index (χ1) is 13.5. The number of unbranched alkanes of at least 4 members (excludes halogenated alkanes) is 1. The molecule has 0 aliphatic carbocycles. The number of ether oxygens (including phenoxy) is 1. The van der Waals surface area contributed by atoms with Gasteiger partial charge >= 0.3 is 0 Å². The van der Waals surface area contributed by atoms with Crippen LogP contribution in [0, 0.1) is 5.82 Å². The number of nitrogens with zero attached hydrogens (tertiary/aromatic N) is 1. The Labute approximate surface area is 169 Å². The van der Waals surface area contributed by atoms with E-state index in [0.29, 0.717) is 39.0 Å². The van der Waals surface area contributed by atoms with Crippen molar-refractivity contribution in [2.24, 2.45) is 0 Å². The summed E-state index contributed by atoms with van der Waals surface area (Å²) in [6.45, 7) is 2.84. The van der Waals surface area contributed by atoms with E-state index in [4.69, 9.17) is 16.3 Å². The molecule has 146 valence electrons. The molecule has 0 amide bonds. The number of phenols is 1. The minimum Gasteiger partial charge on any atom is -0.507 e. The quantitative estimate of drug-likeness (QED) is 0.468. The predicted molar refractivity (Wildman–Crippen MR) is 112 cm³/mol. The van der Waals surface area contributed by atoms with Crippen LogP contribution in [0.2, 0.25) is 5.02 Å². The zero-order valence-corrected chi connectivity index (χ0v) is 16.6. The molecule has 0 aliphatic rings. The van der Waals surface area contributed by atoms with Crippen molar-refractivity contribution in [1.82, 2.24) is 4.98 Å². The molecule has 0 saturated heterocycles. The van der Waals surface area contributed by atoms with Crippen LogP contribution in [0.5, 0.6) is 11.5 Å². The lowest BCUT2D eigenvalue weighted by molar-refractivity contribution is 0.408. The highest BCUT2D eigenvalue weighted by Crippen LogP contribution is 2.37. The van der Waals surface area contributed by atoms with Gasteiger partial charge in [0.2, 0.25) is 0 Å². The third-order valence-corrected chi connectivity index (χ3v) is 4.71. The van der Waals surface area contributed by atoms with E-state index in [0.717, 1.165) is 19.4 Å². The second-order valence-electron chi connectivity index (χ2n) is 6.39. The van der Waals surface area contributed by atoms with Crippen LogP contribution in [0.3, 0.4) is 0 Å². The van der Waals surface area contributed by atoms with Gasteiger partial charge in [0.15, 0.2) is 0 Å². The normalized spacial score (nSPS) is 10.7. The zero-order chi connectivity index (χ0) is 20.1. The second-order valence-corrected chi connectivity index (χ2v) is 6.79. The summed E-state index contributed by atoms with van der Waals surface area (Å²) >= 11 is 6.27. The fraction of sp³-hybridized carbons (Fsp3) is 0.227. The molecular weight excluding hydrogens is 379 g/mol. The van der Waals surface area contributed by atoms with Crippen LogP contribution >= 0.6 is 11.6 Å². The number of rotatable bonds is 7. The molecule has 0 spiro atoms. The van der Waals surface area contributed by atoms with E-state index in [9.17, 15) is 9.50 Å². The van der Waals surface area contributed by atoms with Gasteiger partial charge < -0.3 is 15.2 Å². The van der Waals surface area contributed by atoms with Gasteiger partial charge in [0.05, 0.1) is 17.8 Å². The van der Waals surface area contributed by atoms with E-state index in [-0.39, 0.29) is 5.75 Å². The molecule has 4 nitrogen and oxygen atoms in total. The number of benzene rings is 2. The van der Waals surface area contributed by atoms with E-state index in [1.807, 2.05) is 0 Å². The van der Waals surface area contributed by atoms with Gasteiger partial charge in [-0.2, -0.15) is 0 Å². The molecule has 0 bridgehead atoms. The summed E-state index contributed by atoms with van der Waals surface area (Å²) in [7, 11) is 1.53. The first kappa shape index (κ1) is 20.0. The lowest BCUT2D eigenvalue weighted by Crippen LogP contribution is -2.04. The summed E-state index contributed by atoms with van der Waals surface area (Å²) < 4.78 is 19.6. The maximum absolute atomic E-state index is 14.5. The molecule has 2 N–H and O–H groups in total. The minimum atomic E-state index is -0.414. The molecule has 1 heterocycles. The molecule has 1 aromatic heterocycles. The Bertz CT molecular complexity index is 958. The van der Waals surface area contributed by atoms with Crippen molar-refractivity contribution in [3.63, 3.8) is 0 Å². The highest BCUT2D eigenvalue weighted by molar-refractivity contribution is 6.33. The standard InChI is InChI=1S/C22H22ClFN2O2/c1-3-4-10-25-21-12-14(22-17(23)6-5-7-18(22)24)11-19(26-21)16-9-8-15(28-2)13-20(16)27/h5-9,11-13,27H,3-4,10H2,1-2H3,(H,25,26). The number of nitrogens with one attached hydrogen (secondary N) is 1. The number of hydrogen-bond acceptors (Lipinski definition) is 4. The topological polar surface area (TPSA) is 54.4 Å². The lowest BCUT2D eigenvalue weighted by atomic mass is 10.0. The average Bonchev–Trinajstić information content (AvgIpc) is 2.68. The highest BCUT2D eigenvalue weighted by atomic mass is 35.5. The number of phenolic OH excluding ortho intramolecular Hbond substituents is 1. The molecule has 0 fully saturated rings. The first-order valence-corrected chi connectivity index (χ1v) is 9.49. The Balaban J connectivity index is 2.13. The van der Waals surface area contributed by atoms with E-state index in [2.05, 4.69) is 17.2 Å². The van der Waals surface area contributed by atoms with Gasteiger partial charge in [0, 0.05) is 23.7 Å². The van der Waals surface area contributed by atoms with E-state index in [1.165, 1.54) is 19.2 Å². The van der Waals surface area contributed by atoms with Crippen LogP contribution in [0.1, 0.15) is 19.8 Å². The largest absolute Gasteiger partial charge is 0.507 e. The van der Waals surface area contributed by atoms with E-state index >= 15 is 0 Å². The van der Waals surface area contributed by atoms with Crippen molar-refractivity contribution >= 4 is 17.4 Å². The summed E-state index contributed by atoms with van der Waals surface area (Å²) in [5.41, 5.74) is 1.92. The van der Waals surface area contributed by atoms with Gasteiger partial charge in [-0.15, -0.1) is 0 Å². The van der Waals surface area contributed by atoms with E-state index in [1.54, 1.807) is 36.4 Å². The van der Waals surface area contributed by atoms with Gasteiger partial charge in [-0.3, -0.25) is 0 Å². The number of pyridine rings is 1. The Hall–Kier alpha value is -2.79.